The second-order valence-electron chi connectivity index (χ2n) is 6.86. The number of hydrogen-bond donors (Lipinski definition) is 2. The molecule has 7 nitrogen and oxygen atoms in total. The molecular weight excluding hydrogens is 421 g/mol. The molecule has 9 heteroatoms. The first-order valence-corrected chi connectivity index (χ1v) is 10.8. The fourth-order valence-corrected chi connectivity index (χ4v) is 4.09. The molecule has 2 aromatic carbocycles. The van der Waals surface area contributed by atoms with Gasteiger partial charge in [-0.2, -0.15) is 0 Å². The highest BCUT2D eigenvalue weighted by atomic mass is 32.2. The van der Waals surface area contributed by atoms with E-state index in [1.807, 2.05) is 0 Å². The van der Waals surface area contributed by atoms with Crippen molar-refractivity contribution in [1.82, 2.24) is 9.71 Å². The van der Waals surface area contributed by atoms with Gasteiger partial charge >= 0.3 is 0 Å². The number of halogens is 1. The first-order valence-electron chi connectivity index (χ1n) is 9.32. The topological polar surface area (TPSA) is 101 Å². The fourth-order valence-electron chi connectivity index (χ4n) is 3.10. The van der Waals surface area contributed by atoms with Gasteiger partial charge in [0, 0.05) is 16.8 Å². The lowest BCUT2D eigenvalue weighted by Gasteiger charge is -2.10. The van der Waals surface area contributed by atoms with Gasteiger partial charge in [0.15, 0.2) is 0 Å². The molecule has 1 amide bonds. The number of sulfonamides is 1. The Bertz CT molecular complexity index is 1350. The lowest BCUT2D eigenvalue weighted by Crippen LogP contribution is -2.23. The Labute approximate surface area is 178 Å². The third-order valence-corrected chi connectivity index (χ3v) is 6.00. The van der Waals surface area contributed by atoms with Crippen LogP contribution in [0.15, 0.2) is 76.2 Å². The molecule has 0 fully saturated rings. The minimum Gasteiger partial charge on any atom is -0.468 e. The van der Waals surface area contributed by atoms with E-state index in [-0.39, 0.29) is 17.0 Å². The van der Waals surface area contributed by atoms with Crippen LogP contribution in [0.25, 0.3) is 10.9 Å². The Kier molecular flexibility index (Phi) is 5.53. The number of furan rings is 1. The second-order valence-corrected chi connectivity index (χ2v) is 8.62. The van der Waals surface area contributed by atoms with Crippen molar-refractivity contribution in [2.45, 2.75) is 18.4 Å². The van der Waals surface area contributed by atoms with E-state index < -0.39 is 21.7 Å². The largest absolute Gasteiger partial charge is 0.468 e. The first kappa shape index (κ1) is 20.7. The van der Waals surface area contributed by atoms with Gasteiger partial charge in [0.1, 0.15) is 11.6 Å². The molecule has 0 aliphatic heterocycles. The molecule has 0 saturated heterocycles. The predicted molar refractivity (Wildman–Crippen MR) is 114 cm³/mol. The van der Waals surface area contributed by atoms with Crippen molar-refractivity contribution < 1.29 is 22.0 Å². The molecular formula is C22H18FN3O4S. The van der Waals surface area contributed by atoms with Gasteiger partial charge in [0.25, 0.3) is 5.91 Å². The Hall–Kier alpha value is -3.56. The summed E-state index contributed by atoms with van der Waals surface area (Å²) in [6.07, 6.45) is 1.46. The number of hydrogen-bond acceptors (Lipinski definition) is 5. The van der Waals surface area contributed by atoms with Crippen molar-refractivity contribution in [3.05, 3.63) is 89.8 Å². The maximum Gasteiger partial charge on any atom is 0.256 e. The molecule has 0 aliphatic rings. The van der Waals surface area contributed by atoms with Crippen LogP contribution in [0.3, 0.4) is 0 Å². The van der Waals surface area contributed by atoms with Gasteiger partial charge in [-0.1, -0.05) is 0 Å². The summed E-state index contributed by atoms with van der Waals surface area (Å²) in [6.45, 7) is 1.77. The number of nitrogens with zero attached hydrogens (tertiary/aromatic N) is 1. The van der Waals surface area contributed by atoms with Crippen molar-refractivity contribution >= 4 is 32.5 Å². The van der Waals surface area contributed by atoms with Gasteiger partial charge in [-0.05, 0) is 67.6 Å². The summed E-state index contributed by atoms with van der Waals surface area (Å²) >= 11 is 0. The normalized spacial score (nSPS) is 11.5. The Morgan fingerprint density at radius 1 is 1.10 bits per heavy atom. The zero-order chi connectivity index (χ0) is 22.0. The van der Waals surface area contributed by atoms with Crippen molar-refractivity contribution in [1.29, 1.82) is 0 Å². The third-order valence-electron chi connectivity index (χ3n) is 4.58. The lowest BCUT2D eigenvalue weighted by molar-refractivity contribution is 0.102. The molecule has 0 aliphatic carbocycles. The molecule has 2 heterocycles. The highest BCUT2D eigenvalue weighted by Gasteiger charge is 2.16. The zero-order valence-corrected chi connectivity index (χ0v) is 17.2. The van der Waals surface area contributed by atoms with Gasteiger partial charge in [-0.25, -0.2) is 17.5 Å². The molecule has 2 N–H and O–H groups in total. The standard InChI is InChI=1S/C22H18FN3O4S/c1-14-11-20(19-12-15(23)4-9-21(19)25-14)22(27)26-16-5-7-18(8-6-16)31(28,29)24-13-17-3-2-10-30-17/h2-12,24H,13H2,1H3,(H,26,27). The van der Waals surface area contributed by atoms with E-state index in [4.69, 9.17) is 4.42 Å². The maximum atomic E-state index is 13.7. The number of nitrogens with one attached hydrogen (secondary N) is 2. The van der Waals surface area contributed by atoms with Gasteiger partial charge in [-0.3, -0.25) is 9.78 Å². The number of fused-ring (bicyclic) bond motifs is 1. The zero-order valence-electron chi connectivity index (χ0n) is 16.4. The fraction of sp³-hybridized carbons (Fsp3) is 0.0909. The second kappa shape index (κ2) is 8.29. The molecule has 31 heavy (non-hydrogen) atoms. The van der Waals surface area contributed by atoms with Crippen LogP contribution in [0.2, 0.25) is 0 Å². The van der Waals surface area contributed by atoms with Crippen molar-refractivity contribution in [2.75, 3.05) is 5.32 Å². The molecule has 0 unspecified atom stereocenters. The quantitative estimate of drug-likeness (QED) is 0.473. The summed E-state index contributed by atoms with van der Waals surface area (Å²) in [5.41, 5.74) is 1.80. The minimum absolute atomic E-state index is 0.0266. The highest BCUT2D eigenvalue weighted by Crippen LogP contribution is 2.22. The number of benzene rings is 2. The van der Waals surface area contributed by atoms with Crippen LogP contribution in [-0.4, -0.2) is 19.3 Å². The van der Waals surface area contributed by atoms with Gasteiger partial charge in [-0.15, -0.1) is 0 Å². The summed E-state index contributed by atoms with van der Waals surface area (Å²) < 4.78 is 46.1. The summed E-state index contributed by atoms with van der Waals surface area (Å²) in [4.78, 5) is 17.2. The van der Waals surface area contributed by atoms with Crippen LogP contribution >= 0.6 is 0 Å². The van der Waals surface area contributed by atoms with Crippen LogP contribution in [0.4, 0.5) is 10.1 Å². The van der Waals surface area contributed by atoms with Crippen LogP contribution in [0, 0.1) is 12.7 Å². The van der Waals surface area contributed by atoms with Crippen molar-refractivity contribution in [3.8, 4) is 0 Å². The molecule has 4 rings (SSSR count). The molecule has 0 bridgehead atoms. The van der Waals surface area contributed by atoms with Crippen LogP contribution in [0.5, 0.6) is 0 Å². The van der Waals surface area contributed by atoms with E-state index in [0.717, 1.165) is 0 Å². The molecule has 158 valence electrons. The number of pyridine rings is 1. The monoisotopic (exact) mass is 439 g/mol. The molecule has 0 saturated carbocycles. The average Bonchev–Trinajstić information content (AvgIpc) is 3.26. The van der Waals surface area contributed by atoms with Gasteiger partial charge < -0.3 is 9.73 Å². The number of carbonyl (C=O) groups excluding carboxylic acids is 1. The summed E-state index contributed by atoms with van der Waals surface area (Å²) in [5.74, 6) is -0.430. The van der Waals surface area contributed by atoms with E-state index >= 15 is 0 Å². The predicted octanol–water partition coefficient (Wildman–Crippen LogP) is 4.01. The number of aromatic nitrogens is 1. The number of carbonyl (C=O) groups is 1. The number of anilines is 1. The smallest absolute Gasteiger partial charge is 0.256 e. The van der Waals surface area contributed by atoms with E-state index in [1.54, 1.807) is 25.1 Å². The Morgan fingerprint density at radius 3 is 2.58 bits per heavy atom. The minimum atomic E-state index is -3.75. The highest BCUT2D eigenvalue weighted by molar-refractivity contribution is 7.89. The van der Waals surface area contributed by atoms with E-state index in [9.17, 15) is 17.6 Å². The van der Waals surface area contributed by atoms with Gasteiger partial charge in [0.05, 0.1) is 28.8 Å². The van der Waals surface area contributed by atoms with E-state index in [0.29, 0.717) is 28.0 Å². The summed E-state index contributed by atoms with van der Waals surface area (Å²) in [5, 5.41) is 3.10. The van der Waals surface area contributed by atoms with E-state index in [2.05, 4.69) is 15.0 Å². The number of amides is 1. The first-order chi connectivity index (χ1) is 14.8. The van der Waals surface area contributed by atoms with Crippen molar-refractivity contribution in [2.24, 2.45) is 0 Å². The van der Waals surface area contributed by atoms with E-state index in [1.165, 1.54) is 48.7 Å². The number of aryl methyl sites for hydroxylation is 1. The van der Waals surface area contributed by atoms with Crippen LogP contribution in [0.1, 0.15) is 21.8 Å². The molecule has 0 spiro atoms. The average molecular weight is 439 g/mol. The SMILES string of the molecule is Cc1cc(C(=O)Nc2ccc(S(=O)(=O)NCc3ccco3)cc2)c2cc(F)ccc2n1. The summed E-state index contributed by atoms with van der Waals surface area (Å²) in [7, 11) is -3.75. The Morgan fingerprint density at radius 2 is 1.87 bits per heavy atom. The summed E-state index contributed by atoms with van der Waals surface area (Å²) in [6, 6.07) is 14.7. The molecule has 0 atom stereocenters. The van der Waals surface area contributed by atoms with Gasteiger partial charge in [0.2, 0.25) is 10.0 Å². The van der Waals surface area contributed by atoms with Crippen molar-refractivity contribution in [3.63, 3.8) is 0 Å². The number of rotatable bonds is 6. The molecule has 2 aromatic heterocycles. The van der Waals surface area contributed by atoms with Crippen LogP contribution in [-0.2, 0) is 16.6 Å². The lowest BCUT2D eigenvalue weighted by atomic mass is 10.1. The van der Waals surface area contributed by atoms with Crippen LogP contribution < -0.4 is 10.0 Å². The third kappa shape index (κ3) is 4.62. The maximum absolute atomic E-state index is 13.7. The molecule has 0 radical (unpaired) electrons. The Balaban J connectivity index is 1.52. The molecule has 4 aromatic rings.